The van der Waals surface area contributed by atoms with E-state index in [1.165, 1.54) is 0 Å². The maximum atomic E-state index is 5.78. The van der Waals surface area contributed by atoms with Crippen LogP contribution in [0.4, 0.5) is 0 Å². The summed E-state index contributed by atoms with van der Waals surface area (Å²) in [6.45, 7) is 11.0. The predicted molar refractivity (Wildman–Crippen MR) is 108 cm³/mol. The molecule has 1 aliphatic heterocycles. The third-order valence-electron chi connectivity index (χ3n) is 3.88. The molecule has 1 atom stereocenters. The molecule has 0 saturated carbocycles. The van der Waals surface area contributed by atoms with Crippen molar-refractivity contribution < 1.29 is 4.74 Å². The zero-order valence-corrected chi connectivity index (χ0v) is 17.9. The van der Waals surface area contributed by atoms with Crippen molar-refractivity contribution >= 4 is 41.3 Å². The lowest BCUT2D eigenvalue weighted by Gasteiger charge is -2.24. The molecular formula is C16H29IN4OS. The van der Waals surface area contributed by atoms with Crippen molar-refractivity contribution in [2.75, 3.05) is 20.2 Å². The van der Waals surface area contributed by atoms with Gasteiger partial charge in [-0.3, -0.25) is 4.99 Å². The van der Waals surface area contributed by atoms with Gasteiger partial charge in [0.15, 0.2) is 5.96 Å². The first-order chi connectivity index (χ1) is 10.3. The zero-order valence-electron chi connectivity index (χ0n) is 14.7. The normalized spacial score (nSPS) is 21.9. The molecule has 0 radical (unpaired) electrons. The maximum absolute atomic E-state index is 5.78. The van der Waals surface area contributed by atoms with Crippen LogP contribution in [-0.4, -0.2) is 36.7 Å². The zero-order chi connectivity index (χ0) is 16.2. The highest BCUT2D eigenvalue weighted by atomic mass is 127. The quantitative estimate of drug-likeness (QED) is 0.418. The van der Waals surface area contributed by atoms with E-state index in [0.29, 0.717) is 6.54 Å². The molecule has 23 heavy (non-hydrogen) atoms. The molecule has 0 aromatic carbocycles. The number of rotatable bonds is 4. The Labute approximate surface area is 160 Å². The second-order valence-corrected chi connectivity index (χ2v) is 8.00. The minimum absolute atomic E-state index is 0. The van der Waals surface area contributed by atoms with E-state index in [-0.39, 0.29) is 35.0 Å². The van der Waals surface area contributed by atoms with E-state index in [9.17, 15) is 0 Å². The molecule has 1 unspecified atom stereocenters. The molecule has 0 aliphatic carbocycles. The summed E-state index contributed by atoms with van der Waals surface area (Å²) in [6, 6.07) is 0. The number of halogens is 1. The van der Waals surface area contributed by atoms with Crippen molar-refractivity contribution in [3.8, 4) is 0 Å². The van der Waals surface area contributed by atoms with Gasteiger partial charge in [0.2, 0.25) is 0 Å². The van der Waals surface area contributed by atoms with Crippen LogP contribution in [-0.2, 0) is 16.7 Å². The van der Waals surface area contributed by atoms with E-state index >= 15 is 0 Å². The van der Waals surface area contributed by atoms with Crippen molar-refractivity contribution in [3.63, 3.8) is 0 Å². The van der Waals surface area contributed by atoms with Gasteiger partial charge in [-0.15, -0.1) is 35.3 Å². The lowest BCUT2D eigenvalue weighted by Crippen LogP contribution is -2.45. The summed E-state index contributed by atoms with van der Waals surface area (Å²) < 4.78 is 5.78. The number of nitrogens with zero attached hydrogens (tertiary/aromatic N) is 2. The Morgan fingerprint density at radius 2 is 2.17 bits per heavy atom. The summed E-state index contributed by atoms with van der Waals surface area (Å²) in [4.78, 5) is 8.95. The number of nitrogens with one attached hydrogen (secondary N) is 2. The van der Waals surface area contributed by atoms with Crippen molar-refractivity contribution in [1.82, 2.24) is 15.6 Å². The number of hydrogen-bond acceptors (Lipinski definition) is 4. The molecule has 1 fully saturated rings. The molecule has 7 heteroatoms. The molecule has 2 heterocycles. The van der Waals surface area contributed by atoms with Crippen LogP contribution in [0.3, 0.4) is 0 Å². The molecular weight excluding hydrogens is 423 g/mol. The van der Waals surface area contributed by atoms with Gasteiger partial charge in [-0.2, -0.15) is 0 Å². The Balaban J connectivity index is 0.00000264. The highest BCUT2D eigenvalue weighted by Crippen LogP contribution is 2.24. The van der Waals surface area contributed by atoms with Gasteiger partial charge in [-0.25, -0.2) is 4.98 Å². The molecule has 132 valence electrons. The van der Waals surface area contributed by atoms with E-state index in [1.54, 1.807) is 18.4 Å². The predicted octanol–water partition coefficient (Wildman–Crippen LogP) is 3.29. The summed E-state index contributed by atoms with van der Waals surface area (Å²) >= 11 is 1.69. The summed E-state index contributed by atoms with van der Waals surface area (Å²) in [5, 5.41) is 9.89. The van der Waals surface area contributed by atoms with Gasteiger partial charge in [0.05, 0.1) is 17.8 Å². The Kier molecular flexibility index (Phi) is 7.73. The fourth-order valence-corrected chi connectivity index (χ4v) is 3.32. The van der Waals surface area contributed by atoms with Gasteiger partial charge in [0.1, 0.15) is 5.01 Å². The number of aromatic nitrogens is 1. The van der Waals surface area contributed by atoms with Crippen molar-refractivity contribution in [2.24, 2.45) is 4.99 Å². The minimum atomic E-state index is -0.0712. The fourth-order valence-electron chi connectivity index (χ4n) is 2.36. The van der Waals surface area contributed by atoms with Crippen LogP contribution in [0.25, 0.3) is 0 Å². The van der Waals surface area contributed by atoms with Gasteiger partial charge < -0.3 is 15.4 Å². The SMILES string of the molecule is CN=C(NCc1nc(C(C)(C)C)cs1)NCC1(C)CCCO1.I. The molecule has 0 spiro atoms. The van der Waals surface area contributed by atoms with E-state index < -0.39 is 0 Å². The summed E-state index contributed by atoms with van der Waals surface area (Å²) in [6.07, 6.45) is 2.23. The number of guanidine groups is 1. The molecule has 0 amide bonds. The van der Waals surface area contributed by atoms with Crippen LogP contribution in [0.15, 0.2) is 10.4 Å². The monoisotopic (exact) mass is 452 g/mol. The second kappa shape index (κ2) is 8.62. The number of aliphatic imine (C=N–C) groups is 1. The first-order valence-corrected chi connectivity index (χ1v) is 8.74. The molecule has 1 saturated heterocycles. The highest BCUT2D eigenvalue weighted by Gasteiger charge is 2.29. The largest absolute Gasteiger partial charge is 0.373 e. The van der Waals surface area contributed by atoms with E-state index in [4.69, 9.17) is 4.74 Å². The van der Waals surface area contributed by atoms with E-state index in [0.717, 1.165) is 42.7 Å². The molecule has 0 bridgehead atoms. The Morgan fingerprint density at radius 3 is 2.70 bits per heavy atom. The van der Waals surface area contributed by atoms with Crippen molar-refractivity contribution in [1.29, 1.82) is 0 Å². The Bertz CT molecular complexity index is 518. The van der Waals surface area contributed by atoms with Gasteiger partial charge in [-0.1, -0.05) is 20.8 Å². The lowest BCUT2D eigenvalue weighted by molar-refractivity contribution is 0.0243. The van der Waals surface area contributed by atoms with Gasteiger partial charge >= 0.3 is 0 Å². The van der Waals surface area contributed by atoms with Gasteiger partial charge in [0.25, 0.3) is 0 Å². The molecule has 1 aliphatic rings. The van der Waals surface area contributed by atoms with E-state index in [1.807, 2.05) is 0 Å². The van der Waals surface area contributed by atoms with Gasteiger partial charge in [0, 0.05) is 31.0 Å². The van der Waals surface area contributed by atoms with Crippen molar-refractivity contribution in [3.05, 3.63) is 16.1 Å². The lowest BCUT2D eigenvalue weighted by atomic mass is 9.93. The Hall–Kier alpha value is -0.410. The Morgan fingerprint density at radius 1 is 1.43 bits per heavy atom. The average Bonchev–Trinajstić information content (AvgIpc) is 3.08. The van der Waals surface area contributed by atoms with Crippen LogP contribution in [0, 0.1) is 0 Å². The van der Waals surface area contributed by atoms with Crippen LogP contribution in [0.5, 0.6) is 0 Å². The summed E-state index contributed by atoms with van der Waals surface area (Å²) in [7, 11) is 1.79. The molecule has 2 N–H and O–H groups in total. The third kappa shape index (κ3) is 6.19. The van der Waals surface area contributed by atoms with Crippen LogP contribution >= 0.6 is 35.3 Å². The maximum Gasteiger partial charge on any atom is 0.191 e. The van der Waals surface area contributed by atoms with E-state index in [2.05, 4.69) is 53.7 Å². The minimum Gasteiger partial charge on any atom is -0.373 e. The van der Waals surface area contributed by atoms with Gasteiger partial charge in [-0.05, 0) is 19.8 Å². The first kappa shape index (κ1) is 20.6. The average molecular weight is 452 g/mol. The van der Waals surface area contributed by atoms with Crippen LogP contribution in [0.1, 0.15) is 51.2 Å². The molecule has 1 aromatic heterocycles. The first-order valence-electron chi connectivity index (χ1n) is 7.86. The molecule has 2 rings (SSSR count). The number of thiazole rings is 1. The molecule has 5 nitrogen and oxygen atoms in total. The summed E-state index contributed by atoms with van der Waals surface area (Å²) in [5.41, 5.74) is 1.17. The topological polar surface area (TPSA) is 58.5 Å². The highest BCUT2D eigenvalue weighted by molar-refractivity contribution is 14.0. The van der Waals surface area contributed by atoms with Crippen LogP contribution in [0.2, 0.25) is 0 Å². The third-order valence-corrected chi connectivity index (χ3v) is 4.73. The summed E-state index contributed by atoms with van der Waals surface area (Å²) in [5.74, 6) is 0.796. The second-order valence-electron chi connectivity index (χ2n) is 7.06. The number of hydrogen-bond donors (Lipinski definition) is 2. The smallest absolute Gasteiger partial charge is 0.191 e. The van der Waals surface area contributed by atoms with Crippen LogP contribution < -0.4 is 10.6 Å². The standard InChI is InChI=1S/C16H28N4OS.HI/c1-15(2,3)12-10-22-13(20-12)9-18-14(17-5)19-11-16(4)7-6-8-21-16;/h10H,6-9,11H2,1-5H3,(H2,17,18,19);1H. The number of ether oxygens (including phenoxy) is 1. The fraction of sp³-hybridized carbons (Fsp3) is 0.750. The molecule has 1 aromatic rings. The van der Waals surface area contributed by atoms with Crippen molar-refractivity contribution in [2.45, 2.75) is 58.1 Å².